The highest BCUT2D eigenvalue weighted by molar-refractivity contribution is 5.75. The Morgan fingerprint density at radius 3 is 3.09 bits per heavy atom. The maximum Gasteiger partial charge on any atom is 0.351 e. The fourth-order valence-corrected chi connectivity index (χ4v) is 0.747. The Labute approximate surface area is 64.7 Å². The molecule has 0 amide bonds. The van der Waals surface area contributed by atoms with Crippen LogP contribution in [0.4, 0.5) is 0 Å². The second kappa shape index (κ2) is 3.27. The highest BCUT2D eigenvalue weighted by atomic mass is 16.7. The maximum atomic E-state index is 10.9. The van der Waals surface area contributed by atoms with Crippen LogP contribution >= 0.6 is 0 Å². The van der Waals surface area contributed by atoms with Gasteiger partial charge in [-0.1, -0.05) is 0 Å². The average molecular weight is 158 g/mol. The first-order chi connectivity index (χ1) is 5.24. The number of carbonyl (C=O) groups is 1. The SMILES string of the molecule is C=C1OCC(C(=O)OCC)O1. The Morgan fingerprint density at radius 2 is 2.64 bits per heavy atom. The molecule has 0 aliphatic carbocycles. The molecule has 0 spiro atoms. The number of carbonyl (C=O) groups excluding carboxylic acids is 1. The number of hydrogen-bond acceptors (Lipinski definition) is 4. The van der Waals surface area contributed by atoms with Gasteiger partial charge in [0.2, 0.25) is 6.10 Å². The largest absolute Gasteiger partial charge is 0.463 e. The minimum atomic E-state index is -0.623. The standard InChI is InChI=1S/C7H10O4/c1-3-9-7(8)6-4-10-5(2)11-6/h6H,2-4H2,1H3. The topological polar surface area (TPSA) is 44.8 Å². The van der Waals surface area contributed by atoms with E-state index in [4.69, 9.17) is 9.47 Å². The van der Waals surface area contributed by atoms with Gasteiger partial charge in [0, 0.05) is 0 Å². The van der Waals surface area contributed by atoms with Crippen molar-refractivity contribution in [1.29, 1.82) is 0 Å². The van der Waals surface area contributed by atoms with Crippen molar-refractivity contribution in [3.05, 3.63) is 12.5 Å². The third kappa shape index (κ3) is 1.86. The van der Waals surface area contributed by atoms with Gasteiger partial charge in [-0.3, -0.25) is 0 Å². The van der Waals surface area contributed by atoms with Crippen LogP contribution < -0.4 is 0 Å². The molecule has 1 heterocycles. The Kier molecular flexibility index (Phi) is 2.36. The van der Waals surface area contributed by atoms with Crippen molar-refractivity contribution in [3.8, 4) is 0 Å². The van der Waals surface area contributed by atoms with Crippen LogP contribution in [0.2, 0.25) is 0 Å². The molecule has 62 valence electrons. The summed E-state index contributed by atoms with van der Waals surface area (Å²) in [4.78, 5) is 10.9. The molecule has 0 aromatic carbocycles. The molecule has 1 aliphatic heterocycles. The molecule has 0 aromatic rings. The lowest BCUT2D eigenvalue weighted by Gasteiger charge is -2.04. The summed E-state index contributed by atoms with van der Waals surface area (Å²) < 4.78 is 14.4. The third-order valence-electron chi connectivity index (χ3n) is 1.22. The van der Waals surface area contributed by atoms with Crippen LogP contribution in [-0.4, -0.2) is 25.3 Å². The van der Waals surface area contributed by atoms with Gasteiger partial charge in [-0.15, -0.1) is 0 Å². The van der Waals surface area contributed by atoms with Crippen LogP contribution in [-0.2, 0) is 19.0 Å². The van der Waals surface area contributed by atoms with Crippen molar-refractivity contribution in [1.82, 2.24) is 0 Å². The van der Waals surface area contributed by atoms with Crippen molar-refractivity contribution >= 4 is 5.97 Å². The van der Waals surface area contributed by atoms with Gasteiger partial charge >= 0.3 is 5.97 Å². The molecular formula is C7H10O4. The van der Waals surface area contributed by atoms with Gasteiger partial charge in [-0.25, -0.2) is 4.79 Å². The Balaban J connectivity index is 2.37. The van der Waals surface area contributed by atoms with Crippen LogP contribution in [0.1, 0.15) is 6.92 Å². The monoisotopic (exact) mass is 158 g/mol. The first kappa shape index (κ1) is 7.91. The molecule has 0 N–H and O–H groups in total. The first-order valence-corrected chi connectivity index (χ1v) is 3.39. The second-order valence-electron chi connectivity index (χ2n) is 2.04. The van der Waals surface area contributed by atoms with Crippen molar-refractivity contribution in [2.75, 3.05) is 13.2 Å². The van der Waals surface area contributed by atoms with Crippen LogP contribution in [0, 0.1) is 0 Å². The number of rotatable bonds is 2. The molecule has 4 heteroatoms. The van der Waals surface area contributed by atoms with Gasteiger partial charge in [0.25, 0.3) is 5.95 Å². The number of hydrogen-bond donors (Lipinski definition) is 0. The smallest absolute Gasteiger partial charge is 0.351 e. The van der Waals surface area contributed by atoms with Crippen LogP contribution in [0.3, 0.4) is 0 Å². The predicted molar refractivity (Wildman–Crippen MR) is 36.6 cm³/mol. The summed E-state index contributed by atoms with van der Waals surface area (Å²) >= 11 is 0. The first-order valence-electron chi connectivity index (χ1n) is 3.39. The minimum absolute atomic E-state index is 0.183. The van der Waals surface area contributed by atoms with Crippen molar-refractivity contribution in [3.63, 3.8) is 0 Å². The molecule has 1 atom stereocenters. The third-order valence-corrected chi connectivity index (χ3v) is 1.22. The lowest BCUT2D eigenvalue weighted by Crippen LogP contribution is -2.24. The zero-order chi connectivity index (χ0) is 8.27. The molecule has 0 aromatic heterocycles. The summed E-state index contributed by atoms with van der Waals surface area (Å²) in [6.45, 7) is 5.69. The van der Waals surface area contributed by atoms with E-state index in [9.17, 15) is 4.79 Å². The molecule has 0 radical (unpaired) electrons. The van der Waals surface area contributed by atoms with Gasteiger partial charge in [0.05, 0.1) is 6.61 Å². The zero-order valence-electron chi connectivity index (χ0n) is 6.33. The Hall–Kier alpha value is -1.19. The summed E-state index contributed by atoms with van der Waals surface area (Å²) in [7, 11) is 0. The Bertz CT molecular complexity index is 175. The molecule has 1 fully saturated rings. The maximum absolute atomic E-state index is 10.9. The average Bonchev–Trinajstić information content (AvgIpc) is 2.36. The van der Waals surface area contributed by atoms with Crippen molar-refractivity contribution < 1.29 is 19.0 Å². The van der Waals surface area contributed by atoms with E-state index in [1.54, 1.807) is 6.92 Å². The summed E-state index contributed by atoms with van der Waals surface area (Å²) in [6.07, 6.45) is -0.623. The van der Waals surface area contributed by atoms with Gasteiger partial charge in [0.1, 0.15) is 6.61 Å². The molecule has 1 unspecified atom stereocenters. The van der Waals surface area contributed by atoms with Crippen LogP contribution in [0.5, 0.6) is 0 Å². The summed E-state index contributed by atoms with van der Waals surface area (Å²) in [6, 6.07) is 0. The highest BCUT2D eigenvalue weighted by Gasteiger charge is 2.29. The molecule has 1 rings (SSSR count). The van der Waals surface area contributed by atoms with Crippen LogP contribution in [0.25, 0.3) is 0 Å². The summed E-state index contributed by atoms with van der Waals surface area (Å²) in [5.41, 5.74) is 0. The van der Waals surface area contributed by atoms with Crippen LogP contribution in [0.15, 0.2) is 12.5 Å². The van der Waals surface area contributed by atoms with Gasteiger partial charge in [-0.05, 0) is 13.5 Å². The summed E-state index contributed by atoms with van der Waals surface area (Å²) in [5.74, 6) is -0.214. The quantitative estimate of drug-likeness (QED) is 0.547. The number of ether oxygens (including phenoxy) is 3. The Morgan fingerprint density at radius 1 is 1.91 bits per heavy atom. The van der Waals surface area contributed by atoms with Crippen molar-refractivity contribution in [2.24, 2.45) is 0 Å². The minimum Gasteiger partial charge on any atom is -0.463 e. The van der Waals surface area contributed by atoms with E-state index in [2.05, 4.69) is 11.3 Å². The lowest BCUT2D eigenvalue weighted by molar-refractivity contribution is -0.151. The predicted octanol–water partition coefficient (Wildman–Crippen LogP) is 0.436. The molecule has 4 nitrogen and oxygen atoms in total. The molecule has 1 saturated heterocycles. The van der Waals surface area contributed by atoms with Crippen molar-refractivity contribution in [2.45, 2.75) is 13.0 Å². The van der Waals surface area contributed by atoms with E-state index in [0.29, 0.717) is 6.61 Å². The van der Waals surface area contributed by atoms with Gasteiger partial charge in [-0.2, -0.15) is 0 Å². The highest BCUT2D eigenvalue weighted by Crippen LogP contribution is 2.13. The zero-order valence-corrected chi connectivity index (χ0v) is 6.33. The van der Waals surface area contributed by atoms with Gasteiger partial charge in [0.15, 0.2) is 0 Å². The molecule has 1 aliphatic rings. The van der Waals surface area contributed by atoms with E-state index >= 15 is 0 Å². The number of esters is 1. The molecule has 11 heavy (non-hydrogen) atoms. The fraction of sp³-hybridized carbons (Fsp3) is 0.571. The molecule has 0 saturated carbocycles. The second-order valence-corrected chi connectivity index (χ2v) is 2.04. The van der Waals surface area contributed by atoms with Gasteiger partial charge < -0.3 is 14.2 Å². The lowest BCUT2D eigenvalue weighted by atomic mass is 10.4. The normalized spacial score (nSPS) is 22.3. The van der Waals surface area contributed by atoms with E-state index in [0.717, 1.165) is 0 Å². The molecule has 0 bridgehead atoms. The van der Waals surface area contributed by atoms with E-state index in [-0.39, 0.29) is 12.6 Å². The van der Waals surface area contributed by atoms with E-state index < -0.39 is 12.1 Å². The molecular weight excluding hydrogens is 148 g/mol. The van der Waals surface area contributed by atoms with E-state index in [1.807, 2.05) is 0 Å². The fourth-order valence-electron chi connectivity index (χ4n) is 0.747. The van der Waals surface area contributed by atoms with E-state index in [1.165, 1.54) is 0 Å². The summed E-state index contributed by atoms with van der Waals surface area (Å²) in [5, 5.41) is 0.